The van der Waals surface area contributed by atoms with Crippen molar-refractivity contribution in [2.75, 3.05) is 19.7 Å². The van der Waals surface area contributed by atoms with E-state index in [1.807, 2.05) is 30.3 Å². The summed E-state index contributed by atoms with van der Waals surface area (Å²) < 4.78 is 0. The van der Waals surface area contributed by atoms with Crippen molar-refractivity contribution >= 4 is 6.03 Å². The Morgan fingerprint density at radius 2 is 1.87 bits per heavy atom. The number of benzene rings is 1. The second-order valence-corrected chi connectivity index (χ2v) is 7.20. The number of nitrogens with one attached hydrogen (secondary N) is 2. The van der Waals surface area contributed by atoms with Crippen LogP contribution in [0.2, 0.25) is 0 Å². The number of rotatable bonds is 4. The van der Waals surface area contributed by atoms with Crippen molar-refractivity contribution < 1.29 is 9.90 Å². The Morgan fingerprint density at radius 3 is 2.39 bits per heavy atom. The van der Waals surface area contributed by atoms with Gasteiger partial charge in [0.15, 0.2) is 0 Å². The van der Waals surface area contributed by atoms with Crippen LogP contribution in [-0.4, -0.2) is 47.3 Å². The smallest absolute Gasteiger partial charge is 0.315 e. The van der Waals surface area contributed by atoms with Crippen LogP contribution in [0.1, 0.15) is 45.2 Å². The third-order valence-electron chi connectivity index (χ3n) is 4.47. The minimum atomic E-state index is -0.370. The lowest BCUT2D eigenvalue weighted by Crippen LogP contribution is -2.52. The van der Waals surface area contributed by atoms with E-state index in [0.29, 0.717) is 0 Å². The maximum Gasteiger partial charge on any atom is 0.315 e. The maximum atomic E-state index is 12.2. The van der Waals surface area contributed by atoms with Crippen LogP contribution in [-0.2, 0) is 0 Å². The third-order valence-corrected chi connectivity index (χ3v) is 4.47. The fraction of sp³-hybridized carbons (Fsp3) is 0.611. The molecule has 0 unspecified atom stereocenters. The van der Waals surface area contributed by atoms with Crippen molar-refractivity contribution in [3.8, 4) is 0 Å². The molecule has 23 heavy (non-hydrogen) atoms. The lowest BCUT2D eigenvalue weighted by atomic mass is 9.98. The molecule has 1 aromatic carbocycles. The predicted octanol–water partition coefficient (Wildman–Crippen LogP) is 2.28. The summed E-state index contributed by atoms with van der Waals surface area (Å²) in [6.07, 6.45) is 1.92. The van der Waals surface area contributed by atoms with Crippen molar-refractivity contribution in [3.63, 3.8) is 0 Å². The summed E-state index contributed by atoms with van der Waals surface area (Å²) in [7, 11) is 0. The summed E-state index contributed by atoms with van der Waals surface area (Å²) in [5, 5.41) is 15.4. The van der Waals surface area contributed by atoms with Crippen LogP contribution in [0.25, 0.3) is 0 Å². The molecule has 0 saturated carbocycles. The molecule has 5 heteroatoms. The fourth-order valence-corrected chi connectivity index (χ4v) is 3.00. The average Bonchev–Trinajstić information content (AvgIpc) is 2.53. The van der Waals surface area contributed by atoms with Gasteiger partial charge in [-0.15, -0.1) is 0 Å². The number of nitrogens with zero attached hydrogens (tertiary/aromatic N) is 1. The van der Waals surface area contributed by atoms with Crippen LogP contribution in [0.15, 0.2) is 30.3 Å². The lowest BCUT2D eigenvalue weighted by Gasteiger charge is -2.41. The molecular formula is C18H29N3O2. The molecule has 0 aromatic heterocycles. The number of aliphatic hydroxyl groups is 1. The van der Waals surface area contributed by atoms with E-state index >= 15 is 0 Å². The molecule has 128 valence electrons. The van der Waals surface area contributed by atoms with Gasteiger partial charge in [-0.25, -0.2) is 4.79 Å². The van der Waals surface area contributed by atoms with Gasteiger partial charge in [0.1, 0.15) is 0 Å². The van der Waals surface area contributed by atoms with Gasteiger partial charge >= 0.3 is 6.03 Å². The van der Waals surface area contributed by atoms with Crippen LogP contribution in [0, 0.1) is 0 Å². The highest BCUT2D eigenvalue weighted by Crippen LogP contribution is 2.20. The predicted molar refractivity (Wildman–Crippen MR) is 92.3 cm³/mol. The van der Waals surface area contributed by atoms with Gasteiger partial charge in [-0.3, -0.25) is 4.90 Å². The molecule has 0 radical (unpaired) electrons. The van der Waals surface area contributed by atoms with E-state index in [9.17, 15) is 9.90 Å². The molecule has 1 heterocycles. The zero-order valence-electron chi connectivity index (χ0n) is 14.4. The molecule has 5 nitrogen and oxygen atoms in total. The number of urea groups is 1. The largest absolute Gasteiger partial charge is 0.394 e. The molecule has 0 spiro atoms. The Hall–Kier alpha value is -1.59. The fourth-order valence-electron chi connectivity index (χ4n) is 3.00. The summed E-state index contributed by atoms with van der Waals surface area (Å²) in [5.41, 5.74) is 1.09. The molecule has 0 bridgehead atoms. The third kappa shape index (κ3) is 5.22. The maximum absolute atomic E-state index is 12.2. The molecule has 1 aliphatic heterocycles. The number of aliphatic hydroxyl groups excluding tert-OH is 1. The van der Waals surface area contributed by atoms with Crippen molar-refractivity contribution in [1.29, 1.82) is 0 Å². The zero-order valence-corrected chi connectivity index (χ0v) is 14.4. The summed E-state index contributed by atoms with van der Waals surface area (Å²) in [4.78, 5) is 14.6. The Balaban J connectivity index is 1.81. The standard InChI is InChI=1S/C18H29N3O2/c1-18(2,3)21-11-9-15(10-12-21)19-17(23)20-16(13-22)14-7-5-4-6-8-14/h4-8,15-16,22H,9-13H2,1-3H3,(H2,19,20,23)/t16-/m1/s1. The molecule has 1 aliphatic rings. The van der Waals surface area contributed by atoms with Crippen LogP contribution >= 0.6 is 0 Å². The van der Waals surface area contributed by atoms with Gasteiger partial charge in [0.2, 0.25) is 0 Å². The summed E-state index contributed by atoms with van der Waals surface area (Å²) in [6, 6.07) is 9.16. The lowest BCUT2D eigenvalue weighted by molar-refractivity contribution is 0.0975. The van der Waals surface area contributed by atoms with Crippen molar-refractivity contribution in [3.05, 3.63) is 35.9 Å². The van der Waals surface area contributed by atoms with Crippen LogP contribution in [0.4, 0.5) is 4.79 Å². The van der Waals surface area contributed by atoms with E-state index < -0.39 is 0 Å². The van der Waals surface area contributed by atoms with Gasteiger partial charge in [0, 0.05) is 24.7 Å². The molecule has 1 saturated heterocycles. The summed E-state index contributed by atoms with van der Waals surface area (Å²) in [6.45, 7) is 8.55. The molecule has 3 N–H and O–H groups in total. The van der Waals surface area contributed by atoms with Gasteiger partial charge in [-0.05, 0) is 39.2 Å². The zero-order chi connectivity index (χ0) is 16.9. The Labute approximate surface area is 139 Å². The van der Waals surface area contributed by atoms with Gasteiger partial charge < -0.3 is 15.7 Å². The number of likely N-dealkylation sites (tertiary alicyclic amines) is 1. The molecule has 2 rings (SSSR count). The quantitative estimate of drug-likeness (QED) is 0.798. The first-order valence-corrected chi connectivity index (χ1v) is 8.38. The molecule has 1 aromatic rings. The van der Waals surface area contributed by atoms with Crippen molar-refractivity contribution in [2.45, 2.75) is 51.2 Å². The van der Waals surface area contributed by atoms with Crippen molar-refractivity contribution in [2.24, 2.45) is 0 Å². The molecular weight excluding hydrogens is 290 g/mol. The number of carbonyl (C=O) groups is 1. The second kappa shape index (κ2) is 7.79. The summed E-state index contributed by atoms with van der Waals surface area (Å²) >= 11 is 0. The topological polar surface area (TPSA) is 64.6 Å². The van der Waals surface area contributed by atoms with E-state index in [4.69, 9.17) is 0 Å². The van der Waals surface area contributed by atoms with Crippen molar-refractivity contribution in [1.82, 2.24) is 15.5 Å². The number of amides is 2. The van der Waals surface area contributed by atoms with Gasteiger partial charge in [0.05, 0.1) is 12.6 Å². The Morgan fingerprint density at radius 1 is 1.26 bits per heavy atom. The SMILES string of the molecule is CC(C)(C)N1CCC(NC(=O)N[C@H](CO)c2ccccc2)CC1. The highest BCUT2D eigenvalue weighted by molar-refractivity contribution is 5.74. The van der Waals surface area contributed by atoms with Gasteiger partial charge in [-0.1, -0.05) is 30.3 Å². The van der Waals surface area contributed by atoms with E-state index in [1.165, 1.54) is 0 Å². The molecule has 2 amide bonds. The molecule has 1 fully saturated rings. The van der Waals surface area contributed by atoms with E-state index in [1.54, 1.807) is 0 Å². The molecule has 0 aliphatic carbocycles. The van der Waals surface area contributed by atoms with Crippen LogP contribution in [0.3, 0.4) is 0 Å². The normalized spacial score (nSPS) is 18.4. The average molecular weight is 319 g/mol. The highest BCUT2D eigenvalue weighted by Gasteiger charge is 2.27. The number of hydrogen-bond acceptors (Lipinski definition) is 3. The van der Waals surface area contributed by atoms with Crippen LogP contribution < -0.4 is 10.6 Å². The molecule has 1 atom stereocenters. The first kappa shape index (κ1) is 17.8. The Bertz CT molecular complexity index is 491. The first-order valence-electron chi connectivity index (χ1n) is 8.38. The highest BCUT2D eigenvalue weighted by atomic mass is 16.3. The monoisotopic (exact) mass is 319 g/mol. The number of hydrogen-bond donors (Lipinski definition) is 3. The minimum absolute atomic E-state index is 0.111. The van der Waals surface area contributed by atoms with Gasteiger partial charge in [-0.2, -0.15) is 0 Å². The van der Waals surface area contributed by atoms with E-state index in [-0.39, 0.29) is 30.3 Å². The first-order chi connectivity index (χ1) is 10.9. The minimum Gasteiger partial charge on any atom is -0.394 e. The number of piperidine rings is 1. The van der Waals surface area contributed by atoms with E-state index in [0.717, 1.165) is 31.5 Å². The Kier molecular flexibility index (Phi) is 6.02. The van der Waals surface area contributed by atoms with E-state index in [2.05, 4.69) is 36.3 Å². The number of carbonyl (C=O) groups excluding carboxylic acids is 1. The second-order valence-electron chi connectivity index (χ2n) is 7.20. The van der Waals surface area contributed by atoms with Crippen LogP contribution in [0.5, 0.6) is 0 Å². The van der Waals surface area contributed by atoms with Gasteiger partial charge in [0.25, 0.3) is 0 Å². The summed E-state index contributed by atoms with van der Waals surface area (Å²) in [5.74, 6) is 0.